The highest BCUT2D eigenvalue weighted by molar-refractivity contribution is 5.23. The van der Waals surface area contributed by atoms with Gasteiger partial charge in [0, 0.05) is 18.7 Å². The van der Waals surface area contributed by atoms with Crippen molar-refractivity contribution >= 4 is 0 Å². The Morgan fingerprint density at radius 2 is 2.05 bits per heavy atom. The summed E-state index contributed by atoms with van der Waals surface area (Å²) in [5.41, 5.74) is 1.13. The lowest BCUT2D eigenvalue weighted by molar-refractivity contribution is -0.00635. The van der Waals surface area contributed by atoms with Crippen LogP contribution < -0.4 is 5.32 Å². The zero-order valence-corrected chi connectivity index (χ0v) is 11.9. The molecule has 0 aliphatic heterocycles. The van der Waals surface area contributed by atoms with Crippen molar-refractivity contribution in [1.82, 2.24) is 5.32 Å². The monoisotopic (exact) mass is 265 g/mol. The molecular formula is C16H24FNO. The van der Waals surface area contributed by atoms with Crippen LogP contribution in [0.5, 0.6) is 0 Å². The van der Waals surface area contributed by atoms with Gasteiger partial charge in [0.15, 0.2) is 0 Å². The van der Waals surface area contributed by atoms with Crippen LogP contribution in [0.25, 0.3) is 0 Å². The largest absolute Gasteiger partial charge is 0.389 e. The molecule has 1 aliphatic carbocycles. The first-order valence-electron chi connectivity index (χ1n) is 7.17. The quantitative estimate of drug-likeness (QED) is 0.876. The van der Waals surface area contributed by atoms with E-state index in [4.69, 9.17) is 0 Å². The van der Waals surface area contributed by atoms with Crippen molar-refractivity contribution in [3.63, 3.8) is 0 Å². The van der Waals surface area contributed by atoms with Crippen LogP contribution >= 0.6 is 0 Å². The molecule has 0 spiro atoms. The summed E-state index contributed by atoms with van der Waals surface area (Å²) < 4.78 is 13.6. The third-order valence-corrected chi connectivity index (χ3v) is 4.18. The first-order valence-corrected chi connectivity index (χ1v) is 7.17. The molecule has 1 saturated carbocycles. The third-order valence-electron chi connectivity index (χ3n) is 4.18. The molecule has 2 N–H and O–H groups in total. The lowest BCUT2D eigenvalue weighted by atomic mass is 9.79. The Bertz CT molecular complexity index is 425. The number of rotatable bonds is 4. The van der Waals surface area contributed by atoms with Crippen LogP contribution in [0.1, 0.15) is 43.7 Å². The fourth-order valence-electron chi connectivity index (χ4n) is 2.75. The first kappa shape index (κ1) is 14.5. The Kier molecular flexibility index (Phi) is 4.58. The van der Waals surface area contributed by atoms with Gasteiger partial charge in [0.25, 0.3) is 0 Å². The predicted octanol–water partition coefficient (Wildman–Crippen LogP) is 3.16. The van der Waals surface area contributed by atoms with Crippen molar-refractivity contribution in [2.75, 3.05) is 6.54 Å². The highest BCUT2D eigenvalue weighted by atomic mass is 19.1. The molecule has 1 aromatic carbocycles. The summed E-state index contributed by atoms with van der Waals surface area (Å²) in [5.74, 6) is 0.539. The zero-order valence-electron chi connectivity index (χ0n) is 11.9. The molecule has 19 heavy (non-hydrogen) atoms. The topological polar surface area (TPSA) is 32.3 Å². The number of nitrogens with one attached hydrogen (secondary N) is 1. The van der Waals surface area contributed by atoms with E-state index in [0.29, 0.717) is 18.7 Å². The van der Waals surface area contributed by atoms with Gasteiger partial charge in [-0.3, -0.25) is 0 Å². The molecule has 0 atom stereocenters. The maximum absolute atomic E-state index is 13.6. The molecule has 1 aliphatic rings. The van der Waals surface area contributed by atoms with Crippen LogP contribution in [0.4, 0.5) is 4.39 Å². The van der Waals surface area contributed by atoms with Gasteiger partial charge in [0.2, 0.25) is 0 Å². The standard InChI is InChI=1S/C16H24FNO/c1-12-5-7-16(19,8-6-12)11-18-10-14-9-13(2)3-4-15(14)17/h3-4,9,12,18-19H,5-8,10-11H2,1-2H3. The van der Waals surface area contributed by atoms with Crippen molar-refractivity contribution in [2.45, 2.75) is 51.7 Å². The summed E-state index contributed by atoms with van der Waals surface area (Å²) >= 11 is 0. The second-order valence-electron chi connectivity index (χ2n) is 6.11. The number of aliphatic hydroxyl groups is 1. The second-order valence-corrected chi connectivity index (χ2v) is 6.11. The summed E-state index contributed by atoms with van der Waals surface area (Å²) in [5, 5.41) is 13.6. The van der Waals surface area contributed by atoms with E-state index in [1.807, 2.05) is 13.0 Å². The summed E-state index contributed by atoms with van der Waals surface area (Å²) in [4.78, 5) is 0. The maximum atomic E-state index is 13.6. The number of halogens is 1. The van der Waals surface area contributed by atoms with Crippen LogP contribution in [-0.4, -0.2) is 17.3 Å². The molecule has 3 heteroatoms. The normalized spacial score (nSPS) is 27.5. The van der Waals surface area contributed by atoms with Crippen molar-refractivity contribution in [3.8, 4) is 0 Å². The zero-order chi connectivity index (χ0) is 13.9. The van der Waals surface area contributed by atoms with Gasteiger partial charge in [-0.05, 0) is 44.6 Å². The second kappa shape index (κ2) is 6.02. The van der Waals surface area contributed by atoms with Crippen LogP contribution in [-0.2, 0) is 6.54 Å². The number of benzene rings is 1. The van der Waals surface area contributed by atoms with Gasteiger partial charge in [0.1, 0.15) is 5.82 Å². The van der Waals surface area contributed by atoms with Gasteiger partial charge in [0.05, 0.1) is 5.60 Å². The molecule has 0 amide bonds. The molecule has 0 heterocycles. The molecular weight excluding hydrogens is 241 g/mol. The highest BCUT2D eigenvalue weighted by Crippen LogP contribution is 2.31. The third kappa shape index (κ3) is 4.02. The number of hydrogen-bond donors (Lipinski definition) is 2. The average molecular weight is 265 g/mol. The lowest BCUT2D eigenvalue weighted by Gasteiger charge is -2.35. The van der Waals surface area contributed by atoms with E-state index in [9.17, 15) is 9.50 Å². The van der Waals surface area contributed by atoms with Gasteiger partial charge in [-0.15, -0.1) is 0 Å². The van der Waals surface area contributed by atoms with Crippen LogP contribution in [0.3, 0.4) is 0 Å². The van der Waals surface area contributed by atoms with Crippen LogP contribution in [0.2, 0.25) is 0 Å². The van der Waals surface area contributed by atoms with Crippen molar-refractivity contribution in [2.24, 2.45) is 5.92 Å². The molecule has 2 rings (SSSR count). The highest BCUT2D eigenvalue weighted by Gasteiger charge is 2.31. The van der Waals surface area contributed by atoms with E-state index >= 15 is 0 Å². The number of hydrogen-bond acceptors (Lipinski definition) is 2. The fraction of sp³-hybridized carbons (Fsp3) is 0.625. The van der Waals surface area contributed by atoms with Crippen molar-refractivity contribution in [3.05, 3.63) is 35.1 Å². The lowest BCUT2D eigenvalue weighted by Crippen LogP contribution is -2.43. The van der Waals surface area contributed by atoms with Crippen LogP contribution in [0, 0.1) is 18.7 Å². The van der Waals surface area contributed by atoms with Crippen LogP contribution in [0.15, 0.2) is 18.2 Å². The molecule has 1 aromatic rings. The average Bonchev–Trinajstić information content (AvgIpc) is 2.38. The minimum Gasteiger partial charge on any atom is -0.389 e. The summed E-state index contributed by atoms with van der Waals surface area (Å²) in [6.07, 6.45) is 3.85. The van der Waals surface area contributed by atoms with Crippen molar-refractivity contribution < 1.29 is 9.50 Å². The summed E-state index contributed by atoms with van der Waals surface area (Å²) in [6.45, 7) is 5.21. The number of aryl methyl sites for hydroxylation is 1. The van der Waals surface area contributed by atoms with Gasteiger partial charge >= 0.3 is 0 Å². The van der Waals surface area contributed by atoms with E-state index in [2.05, 4.69) is 12.2 Å². The summed E-state index contributed by atoms with van der Waals surface area (Å²) in [7, 11) is 0. The van der Waals surface area contributed by atoms with E-state index in [1.54, 1.807) is 6.07 Å². The van der Waals surface area contributed by atoms with E-state index < -0.39 is 5.60 Å². The Labute approximate surface area is 115 Å². The van der Waals surface area contributed by atoms with Gasteiger partial charge < -0.3 is 10.4 Å². The van der Waals surface area contributed by atoms with E-state index in [0.717, 1.165) is 37.2 Å². The molecule has 2 nitrogen and oxygen atoms in total. The molecule has 0 aromatic heterocycles. The molecule has 106 valence electrons. The van der Waals surface area contributed by atoms with Gasteiger partial charge in [-0.1, -0.05) is 24.6 Å². The molecule has 0 radical (unpaired) electrons. The molecule has 0 saturated heterocycles. The SMILES string of the molecule is Cc1ccc(F)c(CNCC2(O)CCC(C)CC2)c1. The molecule has 0 bridgehead atoms. The Balaban J connectivity index is 1.84. The summed E-state index contributed by atoms with van der Waals surface area (Å²) in [6, 6.07) is 5.13. The van der Waals surface area contributed by atoms with Gasteiger partial charge in [-0.2, -0.15) is 0 Å². The minimum atomic E-state index is -0.604. The Morgan fingerprint density at radius 3 is 2.74 bits per heavy atom. The van der Waals surface area contributed by atoms with E-state index in [-0.39, 0.29) is 5.82 Å². The van der Waals surface area contributed by atoms with Gasteiger partial charge in [-0.25, -0.2) is 4.39 Å². The smallest absolute Gasteiger partial charge is 0.127 e. The first-order chi connectivity index (χ1) is 8.98. The Hall–Kier alpha value is -0.930. The fourth-order valence-corrected chi connectivity index (χ4v) is 2.75. The minimum absolute atomic E-state index is 0.178. The maximum Gasteiger partial charge on any atom is 0.127 e. The molecule has 1 fully saturated rings. The Morgan fingerprint density at radius 1 is 1.37 bits per heavy atom. The predicted molar refractivity (Wildman–Crippen MR) is 75.4 cm³/mol. The molecule has 0 unspecified atom stereocenters. The van der Waals surface area contributed by atoms with Crippen molar-refractivity contribution in [1.29, 1.82) is 0 Å². The van der Waals surface area contributed by atoms with E-state index in [1.165, 1.54) is 6.07 Å².